The van der Waals surface area contributed by atoms with Gasteiger partial charge in [0.25, 0.3) is 0 Å². The van der Waals surface area contributed by atoms with Crippen molar-refractivity contribution in [2.24, 2.45) is 11.8 Å². The molecule has 0 aromatic carbocycles. The lowest BCUT2D eigenvalue weighted by molar-refractivity contribution is 0.576. The Morgan fingerprint density at radius 2 is 1.80 bits per heavy atom. The number of nitrogens with one attached hydrogen (secondary N) is 1. The first kappa shape index (κ1) is 12.8. The molecule has 0 aliphatic heterocycles. The third-order valence-electron chi connectivity index (χ3n) is 3.31. The standard InChI is InChI=1S/C14H27N/c1-11(2)14(10-15-12(3)4)9-13-7-5-6-8-13/h9,11-13,15H,5-8,10H2,1-4H3. The largest absolute Gasteiger partial charge is 0.311 e. The van der Waals surface area contributed by atoms with Crippen LogP contribution in [0.15, 0.2) is 11.6 Å². The third-order valence-corrected chi connectivity index (χ3v) is 3.31. The molecule has 0 aromatic heterocycles. The Hall–Kier alpha value is -0.300. The molecular formula is C14H27N. The van der Waals surface area contributed by atoms with Crippen LogP contribution in [0.4, 0.5) is 0 Å². The van der Waals surface area contributed by atoms with Crippen LogP contribution in [0.1, 0.15) is 53.4 Å². The van der Waals surface area contributed by atoms with E-state index in [9.17, 15) is 0 Å². The molecule has 0 unspecified atom stereocenters. The van der Waals surface area contributed by atoms with Crippen molar-refractivity contribution in [2.75, 3.05) is 6.54 Å². The molecule has 15 heavy (non-hydrogen) atoms. The van der Waals surface area contributed by atoms with Crippen LogP contribution in [0.5, 0.6) is 0 Å². The second-order valence-corrected chi connectivity index (χ2v) is 5.48. The summed E-state index contributed by atoms with van der Waals surface area (Å²) in [5, 5.41) is 3.53. The summed E-state index contributed by atoms with van der Waals surface area (Å²) in [7, 11) is 0. The SMILES string of the molecule is CC(C)NCC(=CC1CCCC1)C(C)C. The average molecular weight is 209 g/mol. The molecule has 0 spiro atoms. The molecule has 0 atom stereocenters. The van der Waals surface area contributed by atoms with Gasteiger partial charge in [0.2, 0.25) is 0 Å². The van der Waals surface area contributed by atoms with Crippen LogP contribution in [-0.4, -0.2) is 12.6 Å². The number of rotatable bonds is 5. The first-order chi connectivity index (χ1) is 7.09. The van der Waals surface area contributed by atoms with Crippen molar-refractivity contribution < 1.29 is 0 Å². The first-order valence-electron chi connectivity index (χ1n) is 6.53. The Bertz CT molecular complexity index is 197. The fourth-order valence-electron chi connectivity index (χ4n) is 2.20. The van der Waals surface area contributed by atoms with E-state index in [0.717, 1.165) is 12.5 Å². The van der Waals surface area contributed by atoms with Crippen molar-refractivity contribution in [1.82, 2.24) is 5.32 Å². The highest BCUT2D eigenvalue weighted by atomic mass is 14.9. The van der Waals surface area contributed by atoms with Gasteiger partial charge in [-0.25, -0.2) is 0 Å². The Morgan fingerprint density at radius 1 is 1.20 bits per heavy atom. The van der Waals surface area contributed by atoms with Gasteiger partial charge in [-0.3, -0.25) is 0 Å². The van der Waals surface area contributed by atoms with Crippen molar-refractivity contribution in [2.45, 2.75) is 59.4 Å². The van der Waals surface area contributed by atoms with Crippen molar-refractivity contribution >= 4 is 0 Å². The summed E-state index contributed by atoms with van der Waals surface area (Å²) in [6.07, 6.45) is 8.25. The van der Waals surface area contributed by atoms with Crippen LogP contribution in [0.2, 0.25) is 0 Å². The molecule has 0 amide bonds. The highest BCUT2D eigenvalue weighted by molar-refractivity contribution is 5.10. The molecule has 0 aromatic rings. The maximum atomic E-state index is 3.53. The highest BCUT2D eigenvalue weighted by Crippen LogP contribution is 2.28. The molecule has 1 saturated carbocycles. The van der Waals surface area contributed by atoms with Crippen LogP contribution >= 0.6 is 0 Å². The molecule has 1 fully saturated rings. The fraction of sp³-hybridized carbons (Fsp3) is 0.857. The topological polar surface area (TPSA) is 12.0 Å². The van der Waals surface area contributed by atoms with Gasteiger partial charge >= 0.3 is 0 Å². The number of hydrogen-bond donors (Lipinski definition) is 1. The third kappa shape index (κ3) is 4.83. The molecule has 1 rings (SSSR count). The van der Waals surface area contributed by atoms with Crippen LogP contribution in [0, 0.1) is 11.8 Å². The predicted molar refractivity (Wildman–Crippen MR) is 68.0 cm³/mol. The molecule has 1 N–H and O–H groups in total. The lowest BCUT2D eigenvalue weighted by Crippen LogP contribution is -2.26. The van der Waals surface area contributed by atoms with Crippen molar-refractivity contribution in [3.63, 3.8) is 0 Å². The lowest BCUT2D eigenvalue weighted by atomic mass is 9.96. The maximum absolute atomic E-state index is 3.53. The zero-order valence-corrected chi connectivity index (χ0v) is 10.8. The molecule has 0 bridgehead atoms. The lowest BCUT2D eigenvalue weighted by Gasteiger charge is -2.16. The van der Waals surface area contributed by atoms with Crippen LogP contribution < -0.4 is 5.32 Å². The maximum Gasteiger partial charge on any atom is 0.0169 e. The van der Waals surface area contributed by atoms with E-state index in [1.54, 1.807) is 5.57 Å². The minimum Gasteiger partial charge on any atom is -0.311 e. The second kappa shape index (κ2) is 6.32. The van der Waals surface area contributed by atoms with Gasteiger partial charge in [-0.1, -0.05) is 52.2 Å². The Kier molecular flexibility index (Phi) is 5.38. The van der Waals surface area contributed by atoms with E-state index in [1.165, 1.54) is 25.7 Å². The zero-order valence-electron chi connectivity index (χ0n) is 10.8. The van der Waals surface area contributed by atoms with Crippen molar-refractivity contribution in [3.8, 4) is 0 Å². The zero-order chi connectivity index (χ0) is 11.3. The summed E-state index contributed by atoms with van der Waals surface area (Å²) in [4.78, 5) is 0. The van der Waals surface area contributed by atoms with E-state index in [1.807, 2.05) is 0 Å². The van der Waals surface area contributed by atoms with E-state index in [2.05, 4.69) is 39.1 Å². The molecule has 1 aliphatic rings. The average Bonchev–Trinajstić information content (AvgIpc) is 2.63. The van der Waals surface area contributed by atoms with Crippen LogP contribution in [0.3, 0.4) is 0 Å². The quantitative estimate of drug-likeness (QED) is 0.680. The highest BCUT2D eigenvalue weighted by Gasteiger charge is 2.14. The summed E-state index contributed by atoms with van der Waals surface area (Å²) in [5.74, 6) is 1.56. The van der Waals surface area contributed by atoms with E-state index in [0.29, 0.717) is 12.0 Å². The predicted octanol–water partition coefficient (Wildman–Crippen LogP) is 3.76. The van der Waals surface area contributed by atoms with Gasteiger partial charge in [0.1, 0.15) is 0 Å². The fourth-order valence-corrected chi connectivity index (χ4v) is 2.20. The molecular weight excluding hydrogens is 182 g/mol. The van der Waals surface area contributed by atoms with Gasteiger partial charge in [-0.15, -0.1) is 0 Å². The normalized spacial score (nSPS) is 19.5. The van der Waals surface area contributed by atoms with Crippen LogP contribution in [-0.2, 0) is 0 Å². The Labute approximate surface area is 95.3 Å². The summed E-state index contributed by atoms with van der Waals surface area (Å²) in [6.45, 7) is 10.1. The van der Waals surface area contributed by atoms with Gasteiger partial charge in [-0.05, 0) is 24.7 Å². The molecule has 1 aliphatic carbocycles. The van der Waals surface area contributed by atoms with Gasteiger partial charge in [0, 0.05) is 12.6 Å². The van der Waals surface area contributed by atoms with Gasteiger partial charge in [0.05, 0.1) is 0 Å². The minimum absolute atomic E-state index is 0.593. The molecule has 0 radical (unpaired) electrons. The smallest absolute Gasteiger partial charge is 0.0169 e. The van der Waals surface area contributed by atoms with E-state index < -0.39 is 0 Å². The summed E-state index contributed by atoms with van der Waals surface area (Å²) >= 11 is 0. The molecule has 88 valence electrons. The Morgan fingerprint density at radius 3 is 2.27 bits per heavy atom. The van der Waals surface area contributed by atoms with Gasteiger partial charge in [0.15, 0.2) is 0 Å². The number of hydrogen-bond acceptors (Lipinski definition) is 1. The molecule has 1 nitrogen and oxygen atoms in total. The van der Waals surface area contributed by atoms with Crippen molar-refractivity contribution in [1.29, 1.82) is 0 Å². The molecule has 0 heterocycles. The van der Waals surface area contributed by atoms with Gasteiger partial charge < -0.3 is 5.32 Å². The summed E-state index contributed by atoms with van der Waals surface area (Å²) in [5.41, 5.74) is 1.61. The Balaban J connectivity index is 2.48. The van der Waals surface area contributed by atoms with E-state index in [4.69, 9.17) is 0 Å². The van der Waals surface area contributed by atoms with Crippen molar-refractivity contribution in [3.05, 3.63) is 11.6 Å². The molecule has 0 saturated heterocycles. The van der Waals surface area contributed by atoms with E-state index >= 15 is 0 Å². The number of allylic oxidation sites excluding steroid dienone is 1. The van der Waals surface area contributed by atoms with E-state index in [-0.39, 0.29) is 0 Å². The summed E-state index contributed by atoms with van der Waals surface area (Å²) in [6, 6.07) is 0.593. The minimum atomic E-state index is 0.593. The van der Waals surface area contributed by atoms with Crippen LogP contribution in [0.25, 0.3) is 0 Å². The molecule has 1 heteroatoms. The first-order valence-corrected chi connectivity index (χ1v) is 6.53. The second-order valence-electron chi connectivity index (χ2n) is 5.48. The monoisotopic (exact) mass is 209 g/mol. The summed E-state index contributed by atoms with van der Waals surface area (Å²) < 4.78 is 0. The van der Waals surface area contributed by atoms with Gasteiger partial charge in [-0.2, -0.15) is 0 Å².